The molecule has 0 fully saturated rings. The van der Waals surface area contributed by atoms with Gasteiger partial charge in [0.2, 0.25) is 5.91 Å². The highest BCUT2D eigenvalue weighted by Crippen LogP contribution is 2.19. The topological polar surface area (TPSA) is 41.6 Å². The maximum Gasteiger partial charge on any atom is 0.387 e. The van der Waals surface area contributed by atoms with Crippen LogP contribution < -0.4 is 10.1 Å². The van der Waals surface area contributed by atoms with E-state index in [0.717, 1.165) is 5.56 Å². The number of nitrogens with zero attached hydrogens (tertiary/aromatic N) is 1. The minimum Gasteiger partial charge on any atom is -0.435 e. The van der Waals surface area contributed by atoms with Crippen molar-refractivity contribution in [3.05, 3.63) is 54.1 Å². The predicted molar refractivity (Wildman–Crippen MR) is 101 cm³/mol. The molecule has 0 bridgehead atoms. The maximum atomic E-state index is 12.4. The third-order valence-corrected chi connectivity index (χ3v) is 4.72. The van der Waals surface area contributed by atoms with E-state index in [0.29, 0.717) is 12.2 Å². The summed E-state index contributed by atoms with van der Waals surface area (Å²) in [6.07, 6.45) is 2.03. The van der Waals surface area contributed by atoms with Crippen molar-refractivity contribution in [3.63, 3.8) is 0 Å². The summed E-state index contributed by atoms with van der Waals surface area (Å²) in [5.41, 5.74) is 1.65. The van der Waals surface area contributed by atoms with Crippen LogP contribution in [0.15, 0.2) is 53.4 Å². The first-order valence-corrected chi connectivity index (χ1v) is 9.30. The maximum absolute atomic E-state index is 12.4. The van der Waals surface area contributed by atoms with Crippen LogP contribution in [0.1, 0.15) is 12.5 Å². The molecule has 140 valence electrons. The molecule has 1 atom stereocenters. The van der Waals surface area contributed by atoms with E-state index in [-0.39, 0.29) is 17.7 Å². The van der Waals surface area contributed by atoms with Gasteiger partial charge < -0.3 is 10.1 Å². The van der Waals surface area contributed by atoms with E-state index in [1.807, 2.05) is 25.1 Å². The van der Waals surface area contributed by atoms with E-state index in [2.05, 4.69) is 34.3 Å². The van der Waals surface area contributed by atoms with Crippen LogP contribution in [0, 0.1) is 0 Å². The summed E-state index contributed by atoms with van der Waals surface area (Å²) < 4.78 is 28.6. The molecule has 0 heterocycles. The Kier molecular flexibility index (Phi) is 7.41. The number of halogens is 2. The van der Waals surface area contributed by atoms with Crippen molar-refractivity contribution in [1.82, 2.24) is 4.90 Å². The zero-order valence-corrected chi connectivity index (χ0v) is 15.7. The molecule has 2 aromatic rings. The lowest BCUT2D eigenvalue weighted by atomic mass is 10.2. The summed E-state index contributed by atoms with van der Waals surface area (Å²) in [4.78, 5) is 15.5. The molecule has 0 saturated heterocycles. The van der Waals surface area contributed by atoms with E-state index in [9.17, 15) is 13.6 Å². The minimum absolute atomic E-state index is 0.0526. The molecule has 1 N–H and O–H groups in total. The highest BCUT2D eigenvalue weighted by molar-refractivity contribution is 7.98. The van der Waals surface area contributed by atoms with Gasteiger partial charge in [0.05, 0.1) is 6.04 Å². The van der Waals surface area contributed by atoms with Gasteiger partial charge >= 0.3 is 6.61 Å². The van der Waals surface area contributed by atoms with Gasteiger partial charge in [-0.15, -0.1) is 11.8 Å². The number of carbonyl (C=O) groups is 1. The van der Waals surface area contributed by atoms with Crippen LogP contribution in [0.2, 0.25) is 0 Å². The van der Waals surface area contributed by atoms with Crippen molar-refractivity contribution in [2.24, 2.45) is 0 Å². The van der Waals surface area contributed by atoms with Crippen LogP contribution >= 0.6 is 11.8 Å². The van der Waals surface area contributed by atoms with E-state index < -0.39 is 6.61 Å². The number of rotatable bonds is 8. The molecule has 1 unspecified atom stereocenters. The second kappa shape index (κ2) is 9.54. The Balaban J connectivity index is 1.90. The largest absolute Gasteiger partial charge is 0.435 e. The van der Waals surface area contributed by atoms with Crippen molar-refractivity contribution in [3.8, 4) is 5.75 Å². The molecule has 0 aromatic heterocycles. The normalized spacial score (nSPS) is 12.3. The van der Waals surface area contributed by atoms with Crippen LogP contribution in [0.25, 0.3) is 0 Å². The third-order valence-electron chi connectivity index (χ3n) is 3.98. The number of likely N-dealkylation sites (N-methyl/N-ethyl adjacent to an activating group) is 1. The lowest BCUT2D eigenvalue weighted by molar-refractivity contribution is -0.120. The van der Waals surface area contributed by atoms with Gasteiger partial charge in [0.25, 0.3) is 0 Å². The van der Waals surface area contributed by atoms with Crippen molar-refractivity contribution in [2.45, 2.75) is 31.0 Å². The van der Waals surface area contributed by atoms with Gasteiger partial charge in [-0.2, -0.15) is 8.78 Å². The molecule has 4 nitrogen and oxygen atoms in total. The fraction of sp³-hybridized carbons (Fsp3) is 0.316. The lowest BCUT2D eigenvalue weighted by Crippen LogP contribution is -2.39. The summed E-state index contributed by atoms with van der Waals surface area (Å²) >= 11 is 1.68. The number of benzene rings is 2. The molecule has 0 radical (unpaired) electrons. The quantitative estimate of drug-likeness (QED) is 0.686. The molecule has 2 aromatic carbocycles. The fourth-order valence-electron chi connectivity index (χ4n) is 2.32. The van der Waals surface area contributed by atoms with Gasteiger partial charge in [-0.1, -0.05) is 12.1 Å². The number of hydrogen-bond acceptors (Lipinski definition) is 4. The summed E-state index contributed by atoms with van der Waals surface area (Å²) in [6, 6.07) is 13.7. The van der Waals surface area contributed by atoms with Gasteiger partial charge in [-0.3, -0.25) is 9.69 Å². The SMILES string of the molecule is CSc1ccc(CN(C)C(C)C(=O)Nc2ccc(OC(F)F)cc2)cc1. The van der Waals surface area contributed by atoms with Crippen LogP contribution in [0.5, 0.6) is 5.75 Å². The average molecular weight is 380 g/mol. The first-order valence-electron chi connectivity index (χ1n) is 8.08. The molecule has 0 spiro atoms. The van der Waals surface area contributed by atoms with Crippen molar-refractivity contribution >= 4 is 23.4 Å². The number of hydrogen-bond donors (Lipinski definition) is 1. The summed E-state index contributed by atoms with van der Waals surface area (Å²) in [5.74, 6) is -0.118. The van der Waals surface area contributed by atoms with Crippen molar-refractivity contribution in [2.75, 3.05) is 18.6 Å². The fourth-order valence-corrected chi connectivity index (χ4v) is 2.73. The molecule has 1 amide bonds. The Morgan fingerprint density at radius 1 is 1.15 bits per heavy atom. The predicted octanol–water partition coefficient (Wildman–Crippen LogP) is 4.47. The number of carbonyl (C=O) groups excluding carboxylic acids is 1. The number of thioether (sulfide) groups is 1. The summed E-state index contributed by atoms with van der Waals surface area (Å²) in [6.45, 7) is -0.404. The standard InChI is InChI=1S/C19H22F2N2O2S/c1-13(23(2)12-14-4-10-17(26-3)11-5-14)18(24)22-15-6-8-16(9-7-15)25-19(20)21/h4-11,13,19H,12H2,1-3H3,(H,22,24). The second-order valence-corrected chi connectivity index (χ2v) is 6.71. The third kappa shape index (κ3) is 6.00. The van der Waals surface area contributed by atoms with Crippen LogP contribution in [-0.4, -0.2) is 36.8 Å². The Morgan fingerprint density at radius 3 is 2.31 bits per heavy atom. The number of amides is 1. The second-order valence-electron chi connectivity index (χ2n) is 5.83. The monoisotopic (exact) mass is 380 g/mol. The Labute approximate surface area is 156 Å². The molecule has 0 aliphatic rings. The van der Waals surface area contributed by atoms with Gasteiger partial charge in [-0.25, -0.2) is 0 Å². The summed E-state index contributed by atoms with van der Waals surface area (Å²) in [5, 5.41) is 2.78. The van der Waals surface area contributed by atoms with E-state index in [1.165, 1.54) is 29.2 Å². The number of alkyl halides is 2. The van der Waals surface area contributed by atoms with Gasteiger partial charge in [0.15, 0.2) is 0 Å². The molecule has 0 saturated carbocycles. The van der Waals surface area contributed by atoms with E-state index in [1.54, 1.807) is 11.8 Å². The molecule has 7 heteroatoms. The molecule has 2 rings (SSSR count). The van der Waals surface area contributed by atoms with Crippen molar-refractivity contribution < 1.29 is 18.3 Å². The van der Waals surface area contributed by atoms with Gasteiger partial charge in [0.1, 0.15) is 5.75 Å². The van der Waals surface area contributed by atoms with E-state index in [4.69, 9.17) is 0 Å². The molecule has 0 aliphatic carbocycles. The minimum atomic E-state index is -2.87. The average Bonchev–Trinajstić information content (AvgIpc) is 2.62. The Bertz CT molecular complexity index is 708. The highest BCUT2D eigenvalue weighted by atomic mass is 32.2. The first kappa shape index (κ1) is 20.2. The Hall–Kier alpha value is -2.12. The van der Waals surface area contributed by atoms with Crippen LogP contribution in [0.3, 0.4) is 0 Å². The first-order chi connectivity index (χ1) is 12.4. The highest BCUT2D eigenvalue weighted by Gasteiger charge is 2.18. The van der Waals surface area contributed by atoms with Gasteiger partial charge in [0, 0.05) is 17.1 Å². The zero-order chi connectivity index (χ0) is 19.1. The molecule has 26 heavy (non-hydrogen) atoms. The Morgan fingerprint density at radius 2 is 1.77 bits per heavy atom. The number of nitrogens with one attached hydrogen (secondary N) is 1. The van der Waals surface area contributed by atoms with Gasteiger partial charge in [-0.05, 0) is 62.2 Å². The van der Waals surface area contributed by atoms with E-state index >= 15 is 0 Å². The van der Waals surface area contributed by atoms with Crippen molar-refractivity contribution in [1.29, 1.82) is 0 Å². The summed E-state index contributed by atoms with van der Waals surface area (Å²) in [7, 11) is 1.88. The number of ether oxygens (including phenoxy) is 1. The van der Waals surface area contributed by atoms with Crippen LogP contribution in [0.4, 0.5) is 14.5 Å². The molecular weight excluding hydrogens is 358 g/mol. The number of anilines is 1. The zero-order valence-electron chi connectivity index (χ0n) is 14.9. The molecular formula is C19H22F2N2O2S. The van der Waals surface area contributed by atoms with Crippen LogP contribution in [-0.2, 0) is 11.3 Å². The smallest absolute Gasteiger partial charge is 0.387 e. The molecule has 0 aliphatic heterocycles. The lowest BCUT2D eigenvalue weighted by Gasteiger charge is -2.24.